The molecular formula is C14H11BrClN3S. The minimum Gasteiger partial charge on any atom is -0.363 e. The van der Waals surface area contributed by atoms with Crippen molar-refractivity contribution < 1.29 is 0 Å². The molecule has 1 N–H and O–H groups in total. The summed E-state index contributed by atoms with van der Waals surface area (Å²) in [5.74, 6) is 0.772. The molecule has 3 nitrogen and oxygen atoms in total. The highest BCUT2D eigenvalue weighted by Crippen LogP contribution is 2.29. The quantitative estimate of drug-likeness (QED) is 0.639. The Kier molecular flexibility index (Phi) is 3.92. The summed E-state index contributed by atoms with van der Waals surface area (Å²) in [6.45, 7) is 2.09. The van der Waals surface area contributed by atoms with Crippen LogP contribution in [0.5, 0.6) is 0 Å². The Balaban J connectivity index is 1.94. The summed E-state index contributed by atoms with van der Waals surface area (Å²) in [7, 11) is 0. The maximum Gasteiger partial charge on any atom is 0.225 e. The predicted molar refractivity (Wildman–Crippen MR) is 88.6 cm³/mol. The number of fused-ring (bicyclic) bond motifs is 1. The Morgan fingerprint density at radius 2 is 2.15 bits per heavy atom. The van der Waals surface area contributed by atoms with Gasteiger partial charge in [0.15, 0.2) is 0 Å². The van der Waals surface area contributed by atoms with Gasteiger partial charge in [-0.15, -0.1) is 11.3 Å². The second kappa shape index (κ2) is 5.68. The van der Waals surface area contributed by atoms with E-state index in [-0.39, 0.29) is 11.3 Å². The van der Waals surface area contributed by atoms with Crippen LogP contribution in [0.3, 0.4) is 0 Å². The highest BCUT2D eigenvalue weighted by Gasteiger charge is 2.12. The zero-order valence-electron chi connectivity index (χ0n) is 10.6. The van der Waals surface area contributed by atoms with Gasteiger partial charge >= 0.3 is 0 Å². The third-order valence-electron chi connectivity index (χ3n) is 3.00. The Labute approximate surface area is 134 Å². The molecule has 0 saturated carbocycles. The van der Waals surface area contributed by atoms with Crippen molar-refractivity contribution in [2.45, 2.75) is 13.0 Å². The Hall–Kier alpha value is -1.17. The summed E-state index contributed by atoms with van der Waals surface area (Å²) < 4.78 is 1.06. The van der Waals surface area contributed by atoms with Crippen LogP contribution in [0.15, 0.2) is 40.2 Å². The number of anilines is 1. The van der Waals surface area contributed by atoms with Crippen molar-refractivity contribution >= 4 is 54.9 Å². The molecule has 0 spiro atoms. The number of hydrogen-bond acceptors (Lipinski definition) is 4. The molecule has 1 aromatic carbocycles. The molecule has 0 radical (unpaired) electrons. The van der Waals surface area contributed by atoms with Crippen molar-refractivity contribution in [3.05, 3.63) is 51.0 Å². The predicted octanol–water partition coefficient (Wildman–Crippen LogP) is 5.28. The van der Waals surface area contributed by atoms with E-state index in [0.717, 1.165) is 20.5 Å². The summed E-state index contributed by atoms with van der Waals surface area (Å²) in [6.07, 6.45) is 0. The SMILES string of the molecule is CC(Nc1nc(Cl)nc2sccc12)c1cccc(Br)c1. The van der Waals surface area contributed by atoms with Gasteiger partial charge in [-0.25, -0.2) is 9.97 Å². The lowest BCUT2D eigenvalue weighted by Crippen LogP contribution is -2.08. The summed E-state index contributed by atoms with van der Waals surface area (Å²) in [5, 5.41) is 6.66. The molecule has 0 aliphatic heterocycles. The van der Waals surface area contributed by atoms with Gasteiger partial charge in [0.25, 0.3) is 0 Å². The number of benzene rings is 1. The van der Waals surface area contributed by atoms with Crippen molar-refractivity contribution in [2.75, 3.05) is 5.32 Å². The van der Waals surface area contributed by atoms with Gasteiger partial charge in [-0.05, 0) is 47.7 Å². The summed E-state index contributed by atoms with van der Waals surface area (Å²) in [4.78, 5) is 9.41. The van der Waals surface area contributed by atoms with Crippen LogP contribution in [-0.2, 0) is 0 Å². The third kappa shape index (κ3) is 2.80. The molecule has 0 aliphatic carbocycles. The normalized spacial score (nSPS) is 12.6. The summed E-state index contributed by atoms with van der Waals surface area (Å²) in [5.41, 5.74) is 1.18. The van der Waals surface area contributed by atoms with Gasteiger partial charge in [0, 0.05) is 4.47 Å². The third-order valence-corrected chi connectivity index (χ3v) is 4.47. The first kappa shape index (κ1) is 13.8. The van der Waals surface area contributed by atoms with Gasteiger partial charge in [0.2, 0.25) is 5.28 Å². The molecule has 0 fully saturated rings. The molecule has 2 heterocycles. The highest BCUT2D eigenvalue weighted by atomic mass is 79.9. The molecule has 0 aliphatic rings. The van der Waals surface area contributed by atoms with Crippen molar-refractivity contribution in [3.63, 3.8) is 0 Å². The van der Waals surface area contributed by atoms with E-state index in [9.17, 15) is 0 Å². The number of nitrogens with one attached hydrogen (secondary N) is 1. The van der Waals surface area contributed by atoms with Crippen LogP contribution in [0.25, 0.3) is 10.2 Å². The van der Waals surface area contributed by atoms with Crippen LogP contribution in [0.1, 0.15) is 18.5 Å². The van der Waals surface area contributed by atoms with E-state index in [1.54, 1.807) is 11.3 Å². The van der Waals surface area contributed by atoms with E-state index in [1.165, 1.54) is 5.56 Å². The lowest BCUT2D eigenvalue weighted by molar-refractivity contribution is 0.875. The smallest absolute Gasteiger partial charge is 0.225 e. The first-order chi connectivity index (χ1) is 9.63. The Morgan fingerprint density at radius 3 is 2.95 bits per heavy atom. The fourth-order valence-electron chi connectivity index (χ4n) is 2.00. The molecule has 0 saturated heterocycles. The Morgan fingerprint density at radius 1 is 1.30 bits per heavy atom. The largest absolute Gasteiger partial charge is 0.363 e. The molecule has 2 aromatic heterocycles. The number of halogens is 2. The van der Waals surface area contributed by atoms with E-state index in [2.05, 4.69) is 50.3 Å². The average molecular weight is 369 g/mol. The van der Waals surface area contributed by atoms with Crippen molar-refractivity contribution in [1.82, 2.24) is 9.97 Å². The zero-order chi connectivity index (χ0) is 14.1. The van der Waals surface area contributed by atoms with Crippen LogP contribution in [0.4, 0.5) is 5.82 Å². The number of thiophene rings is 1. The lowest BCUT2D eigenvalue weighted by Gasteiger charge is -2.16. The van der Waals surface area contributed by atoms with Crippen LogP contribution in [0.2, 0.25) is 5.28 Å². The summed E-state index contributed by atoms with van der Waals surface area (Å²) in [6, 6.07) is 10.3. The molecule has 3 aromatic rings. The Bertz CT molecular complexity index is 759. The van der Waals surface area contributed by atoms with Gasteiger partial charge in [0.05, 0.1) is 11.4 Å². The van der Waals surface area contributed by atoms with Gasteiger partial charge in [-0.2, -0.15) is 0 Å². The second-order valence-corrected chi connectivity index (χ2v) is 6.55. The first-order valence-corrected chi connectivity index (χ1v) is 8.11. The first-order valence-electron chi connectivity index (χ1n) is 6.06. The van der Waals surface area contributed by atoms with Crippen molar-refractivity contribution in [1.29, 1.82) is 0 Å². The fourth-order valence-corrected chi connectivity index (χ4v) is 3.40. The van der Waals surface area contributed by atoms with Crippen LogP contribution in [-0.4, -0.2) is 9.97 Å². The molecule has 6 heteroatoms. The molecule has 102 valence electrons. The molecular weight excluding hydrogens is 358 g/mol. The zero-order valence-corrected chi connectivity index (χ0v) is 13.8. The van der Waals surface area contributed by atoms with Gasteiger partial charge < -0.3 is 5.32 Å². The van der Waals surface area contributed by atoms with Crippen LogP contribution >= 0.6 is 38.9 Å². The van der Waals surface area contributed by atoms with Gasteiger partial charge in [0.1, 0.15) is 10.6 Å². The minimum absolute atomic E-state index is 0.126. The van der Waals surface area contributed by atoms with E-state index in [4.69, 9.17) is 11.6 Å². The molecule has 3 rings (SSSR count). The second-order valence-electron chi connectivity index (χ2n) is 4.40. The van der Waals surface area contributed by atoms with Gasteiger partial charge in [-0.1, -0.05) is 28.1 Å². The molecule has 20 heavy (non-hydrogen) atoms. The maximum atomic E-state index is 5.97. The molecule has 1 atom stereocenters. The van der Waals surface area contributed by atoms with E-state index in [0.29, 0.717) is 0 Å². The highest BCUT2D eigenvalue weighted by molar-refractivity contribution is 9.10. The van der Waals surface area contributed by atoms with Crippen LogP contribution < -0.4 is 5.32 Å². The van der Waals surface area contributed by atoms with Crippen molar-refractivity contribution in [2.24, 2.45) is 0 Å². The molecule has 0 bridgehead atoms. The number of hydrogen-bond donors (Lipinski definition) is 1. The number of rotatable bonds is 3. The topological polar surface area (TPSA) is 37.8 Å². The maximum absolute atomic E-state index is 5.97. The number of aromatic nitrogens is 2. The van der Waals surface area contributed by atoms with E-state index >= 15 is 0 Å². The monoisotopic (exact) mass is 367 g/mol. The average Bonchev–Trinajstić information content (AvgIpc) is 2.86. The van der Waals surface area contributed by atoms with E-state index in [1.807, 2.05) is 23.6 Å². The van der Waals surface area contributed by atoms with Gasteiger partial charge in [-0.3, -0.25) is 0 Å². The fraction of sp³-hybridized carbons (Fsp3) is 0.143. The molecule has 1 unspecified atom stereocenters. The minimum atomic E-state index is 0.126. The number of nitrogens with zero attached hydrogens (tertiary/aromatic N) is 2. The van der Waals surface area contributed by atoms with E-state index < -0.39 is 0 Å². The van der Waals surface area contributed by atoms with Crippen molar-refractivity contribution in [3.8, 4) is 0 Å². The van der Waals surface area contributed by atoms with Crippen LogP contribution in [0, 0.1) is 0 Å². The lowest BCUT2D eigenvalue weighted by atomic mass is 10.1. The summed E-state index contributed by atoms with van der Waals surface area (Å²) >= 11 is 11.0. The standard InChI is InChI=1S/C14H11BrClN3S/c1-8(9-3-2-4-10(15)7-9)17-12-11-5-6-20-13(11)19-14(16)18-12/h2-8H,1H3,(H,17,18,19). The molecule has 0 amide bonds.